The van der Waals surface area contributed by atoms with Crippen molar-refractivity contribution in [3.63, 3.8) is 0 Å². The maximum atomic E-state index is 10.4. The summed E-state index contributed by atoms with van der Waals surface area (Å²) < 4.78 is 0. The number of terminal acetylenes is 1. The van der Waals surface area contributed by atoms with Crippen molar-refractivity contribution in [2.24, 2.45) is 40.4 Å². The summed E-state index contributed by atoms with van der Waals surface area (Å²) in [6.07, 6.45) is 15.7. The highest BCUT2D eigenvalue weighted by molar-refractivity contribution is 5.13. The Morgan fingerprint density at radius 1 is 0.958 bits per heavy atom. The summed E-state index contributed by atoms with van der Waals surface area (Å²) in [6, 6.07) is 0. The van der Waals surface area contributed by atoms with E-state index in [9.17, 15) is 10.2 Å². The first-order chi connectivity index (χ1) is 11.4. The molecule has 24 heavy (non-hydrogen) atoms. The van der Waals surface area contributed by atoms with Gasteiger partial charge in [-0.25, -0.2) is 0 Å². The summed E-state index contributed by atoms with van der Waals surface area (Å²) in [7, 11) is 0. The van der Waals surface area contributed by atoms with Crippen LogP contribution >= 0.6 is 0 Å². The highest BCUT2D eigenvalue weighted by Crippen LogP contribution is 2.67. The van der Waals surface area contributed by atoms with Gasteiger partial charge in [-0.15, -0.1) is 6.42 Å². The summed E-state index contributed by atoms with van der Waals surface area (Å²) in [5.41, 5.74) is 0.677. The molecule has 0 bridgehead atoms. The first kappa shape index (κ1) is 16.9. The van der Waals surface area contributed by atoms with Gasteiger partial charge in [-0.1, -0.05) is 19.8 Å². The van der Waals surface area contributed by atoms with Crippen LogP contribution < -0.4 is 0 Å². The van der Waals surface area contributed by atoms with Gasteiger partial charge in [-0.05, 0) is 92.3 Å². The average molecular weight is 331 g/mol. The van der Waals surface area contributed by atoms with E-state index in [0.29, 0.717) is 11.3 Å². The van der Waals surface area contributed by atoms with Crippen LogP contribution in [0.15, 0.2) is 0 Å². The molecule has 0 radical (unpaired) electrons. The average Bonchev–Trinajstić information content (AvgIpc) is 2.92. The van der Waals surface area contributed by atoms with E-state index in [1.165, 1.54) is 38.5 Å². The van der Waals surface area contributed by atoms with Crippen LogP contribution in [0.2, 0.25) is 0 Å². The molecule has 0 aromatic carbocycles. The smallest absolute Gasteiger partial charge is 0.117 e. The van der Waals surface area contributed by atoms with E-state index < -0.39 is 6.10 Å². The normalized spacial score (nSPS) is 55.0. The van der Waals surface area contributed by atoms with Crippen LogP contribution in [0.5, 0.6) is 0 Å². The van der Waals surface area contributed by atoms with Gasteiger partial charge in [0.15, 0.2) is 0 Å². The lowest BCUT2D eigenvalue weighted by Gasteiger charge is -2.61. The summed E-state index contributed by atoms with van der Waals surface area (Å²) in [5, 5.41) is 20.5. The van der Waals surface area contributed by atoms with E-state index in [0.717, 1.165) is 42.9 Å². The van der Waals surface area contributed by atoms with Crippen molar-refractivity contribution in [1.82, 2.24) is 0 Å². The van der Waals surface area contributed by atoms with Crippen molar-refractivity contribution in [2.75, 3.05) is 0 Å². The van der Waals surface area contributed by atoms with E-state index in [1.807, 2.05) is 0 Å². The van der Waals surface area contributed by atoms with Gasteiger partial charge in [0.05, 0.1) is 6.10 Å². The standard InChI is InChI=1S/C22H34O2/c1-4-20(24)19-8-7-17-16-6-5-14-13-15(23)9-11-21(14,2)18(16)10-12-22(17,19)3/h1,14-20,23-24H,5-13H2,2-3H3/t14-,15+,16-,17-,18-,19+,20+,21-,22-/m0/s1. The van der Waals surface area contributed by atoms with Gasteiger partial charge < -0.3 is 10.2 Å². The number of hydrogen-bond donors (Lipinski definition) is 2. The molecule has 4 aliphatic rings. The molecule has 9 atom stereocenters. The van der Waals surface area contributed by atoms with Gasteiger partial charge in [0.25, 0.3) is 0 Å². The first-order valence-electron chi connectivity index (χ1n) is 10.2. The predicted octanol–water partition coefficient (Wildman–Crippen LogP) is 4.00. The fourth-order valence-electron chi connectivity index (χ4n) is 7.91. The fraction of sp³-hybridized carbons (Fsp3) is 0.909. The molecule has 4 aliphatic carbocycles. The first-order valence-corrected chi connectivity index (χ1v) is 10.2. The van der Waals surface area contributed by atoms with E-state index in [-0.39, 0.29) is 11.5 Å². The molecule has 0 heterocycles. The molecule has 2 N–H and O–H groups in total. The predicted molar refractivity (Wildman–Crippen MR) is 96.1 cm³/mol. The number of aliphatic hydroxyl groups excluding tert-OH is 2. The highest BCUT2D eigenvalue weighted by Gasteiger charge is 2.60. The molecule has 4 rings (SSSR count). The summed E-state index contributed by atoms with van der Waals surface area (Å²) in [4.78, 5) is 0. The Hall–Kier alpha value is -0.520. The molecule has 0 aliphatic heterocycles. The lowest BCUT2D eigenvalue weighted by Crippen LogP contribution is -2.54. The zero-order valence-corrected chi connectivity index (χ0v) is 15.4. The Balaban J connectivity index is 1.60. The monoisotopic (exact) mass is 330 g/mol. The fourth-order valence-corrected chi connectivity index (χ4v) is 7.91. The van der Waals surface area contributed by atoms with Crippen molar-refractivity contribution in [1.29, 1.82) is 0 Å². The van der Waals surface area contributed by atoms with Gasteiger partial charge in [0.2, 0.25) is 0 Å². The second kappa shape index (κ2) is 5.75. The van der Waals surface area contributed by atoms with Crippen LogP contribution in [0.25, 0.3) is 0 Å². The van der Waals surface area contributed by atoms with Crippen LogP contribution in [0, 0.1) is 52.8 Å². The van der Waals surface area contributed by atoms with E-state index in [1.54, 1.807) is 0 Å². The van der Waals surface area contributed by atoms with Gasteiger partial charge >= 0.3 is 0 Å². The second-order valence-corrected chi connectivity index (χ2v) is 9.92. The maximum absolute atomic E-state index is 10.4. The Bertz CT molecular complexity index is 537. The number of hydrogen-bond acceptors (Lipinski definition) is 2. The number of fused-ring (bicyclic) bond motifs is 5. The van der Waals surface area contributed by atoms with E-state index in [2.05, 4.69) is 19.8 Å². The summed E-state index contributed by atoms with van der Waals surface area (Å²) >= 11 is 0. The molecular weight excluding hydrogens is 296 g/mol. The molecule has 2 nitrogen and oxygen atoms in total. The molecule has 0 aromatic rings. The quantitative estimate of drug-likeness (QED) is 0.714. The largest absolute Gasteiger partial charge is 0.393 e. The minimum Gasteiger partial charge on any atom is -0.393 e. The zero-order chi connectivity index (χ0) is 17.1. The Kier molecular flexibility index (Phi) is 4.05. The Morgan fingerprint density at radius 2 is 1.67 bits per heavy atom. The van der Waals surface area contributed by atoms with E-state index in [4.69, 9.17) is 6.42 Å². The van der Waals surface area contributed by atoms with Crippen molar-refractivity contribution < 1.29 is 10.2 Å². The summed E-state index contributed by atoms with van der Waals surface area (Å²) in [5.74, 6) is 6.03. The van der Waals surface area contributed by atoms with Crippen molar-refractivity contribution in [3.05, 3.63) is 0 Å². The number of aliphatic hydroxyl groups is 2. The molecular formula is C22H34O2. The molecule has 0 spiro atoms. The second-order valence-electron chi connectivity index (χ2n) is 9.92. The Labute approximate surface area is 147 Å². The zero-order valence-electron chi connectivity index (χ0n) is 15.4. The van der Waals surface area contributed by atoms with Crippen molar-refractivity contribution in [2.45, 2.75) is 83.8 Å². The lowest BCUT2D eigenvalue weighted by atomic mass is 9.44. The third-order valence-electron chi connectivity index (χ3n) is 9.26. The number of rotatable bonds is 1. The minimum absolute atomic E-state index is 0.0601. The molecule has 4 saturated carbocycles. The van der Waals surface area contributed by atoms with Gasteiger partial charge in [-0.3, -0.25) is 0 Å². The van der Waals surface area contributed by atoms with Gasteiger partial charge in [0.1, 0.15) is 6.10 Å². The maximum Gasteiger partial charge on any atom is 0.117 e. The lowest BCUT2D eigenvalue weighted by molar-refractivity contribution is -0.130. The summed E-state index contributed by atoms with van der Waals surface area (Å²) in [6.45, 7) is 4.96. The third-order valence-corrected chi connectivity index (χ3v) is 9.26. The molecule has 2 heteroatoms. The van der Waals surface area contributed by atoms with Crippen LogP contribution in [0.4, 0.5) is 0 Å². The highest BCUT2D eigenvalue weighted by atomic mass is 16.3. The van der Waals surface area contributed by atoms with Gasteiger partial charge in [-0.2, -0.15) is 0 Å². The van der Waals surface area contributed by atoms with Crippen LogP contribution in [-0.4, -0.2) is 22.4 Å². The molecule has 0 aromatic heterocycles. The van der Waals surface area contributed by atoms with Crippen molar-refractivity contribution >= 4 is 0 Å². The molecule has 0 unspecified atom stereocenters. The Morgan fingerprint density at radius 3 is 2.42 bits per heavy atom. The molecule has 4 fully saturated rings. The molecule has 0 saturated heterocycles. The van der Waals surface area contributed by atoms with E-state index >= 15 is 0 Å². The molecule has 134 valence electrons. The van der Waals surface area contributed by atoms with Crippen LogP contribution in [0.3, 0.4) is 0 Å². The molecule has 0 amide bonds. The van der Waals surface area contributed by atoms with Crippen LogP contribution in [0.1, 0.15) is 71.6 Å². The van der Waals surface area contributed by atoms with Crippen molar-refractivity contribution in [3.8, 4) is 12.3 Å². The third kappa shape index (κ3) is 2.24. The topological polar surface area (TPSA) is 40.5 Å². The minimum atomic E-state index is -0.562. The van der Waals surface area contributed by atoms with Crippen LogP contribution in [-0.2, 0) is 0 Å². The SMILES string of the molecule is C#C[C@@H](O)[C@H]1CC[C@H]2[C@@H]3CC[C@H]4C[C@H](O)CC[C@]4(C)[C@H]3CC[C@]12C. The van der Waals surface area contributed by atoms with Gasteiger partial charge in [0, 0.05) is 5.92 Å².